The Kier molecular flexibility index (Phi) is 5.33. The highest BCUT2D eigenvalue weighted by Gasteiger charge is 2.06. The van der Waals surface area contributed by atoms with Crippen LogP contribution in [0.25, 0.3) is 5.82 Å². The Morgan fingerprint density at radius 3 is 2.20 bits per heavy atom. The third-order valence-electron chi connectivity index (χ3n) is 4.08. The smallest absolute Gasteiger partial charge is 0.323 e. The number of carbonyl (C=O) groups excluding carboxylic acids is 1. The van der Waals surface area contributed by atoms with Crippen molar-refractivity contribution in [3.63, 3.8) is 0 Å². The number of urea groups is 1. The van der Waals surface area contributed by atoms with Crippen LogP contribution in [-0.2, 0) is 0 Å². The monoisotopic (exact) mass is 403 g/mol. The fourth-order valence-electron chi connectivity index (χ4n) is 2.75. The number of rotatable bonds is 5. The Balaban J connectivity index is 1.40. The zero-order chi connectivity index (χ0) is 20.9. The molecule has 3 N–H and O–H groups in total. The van der Waals surface area contributed by atoms with E-state index >= 15 is 0 Å². The summed E-state index contributed by atoms with van der Waals surface area (Å²) in [6.07, 6.45) is 3.49. The molecule has 8 nitrogen and oxygen atoms in total. The lowest BCUT2D eigenvalue weighted by Crippen LogP contribution is -2.19. The first-order valence-electron chi connectivity index (χ1n) is 9.11. The molecule has 0 unspecified atom stereocenters. The van der Waals surface area contributed by atoms with E-state index < -0.39 is 6.03 Å². The van der Waals surface area contributed by atoms with Crippen molar-refractivity contribution in [2.24, 2.45) is 0 Å². The second-order valence-corrected chi connectivity index (χ2v) is 6.40. The predicted molar refractivity (Wildman–Crippen MR) is 113 cm³/mol. The molecule has 0 aliphatic rings. The summed E-state index contributed by atoms with van der Waals surface area (Å²) in [5.74, 6) is 1.54. The molecular weight excluding hydrogens is 385 g/mol. The fourth-order valence-corrected chi connectivity index (χ4v) is 2.75. The van der Waals surface area contributed by atoms with Crippen LogP contribution < -0.4 is 16.0 Å². The average molecular weight is 403 g/mol. The zero-order valence-electron chi connectivity index (χ0n) is 16.0. The van der Waals surface area contributed by atoms with Crippen LogP contribution in [0.4, 0.5) is 32.1 Å². The maximum Gasteiger partial charge on any atom is 0.323 e. The third kappa shape index (κ3) is 4.76. The molecule has 0 aliphatic carbocycles. The molecular formula is C21H18FN7O. The fraction of sp³-hybridized carbons (Fsp3) is 0.0476. The van der Waals surface area contributed by atoms with Crippen LogP contribution in [0.2, 0.25) is 0 Å². The molecule has 0 spiro atoms. The van der Waals surface area contributed by atoms with E-state index in [2.05, 4.69) is 31.0 Å². The van der Waals surface area contributed by atoms with Crippen LogP contribution in [0.15, 0.2) is 73.1 Å². The summed E-state index contributed by atoms with van der Waals surface area (Å²) >= 11 is 0. The largest absolute Gasteiger partial charge is 0.340 e. The number of nitrogens with one attached hydrogen (secondary N) is 3. The van der Waals surface area contributed by atoms with Gasteiger partial charge in [-0.2, -0.15) is 5.10 Å². The van der Waals surface area contributed by atoms with E-state index in [1.54, 1.807) is 29.1 Å². The van der Waals surface area contributed by atoms with Gasteiger partial charge in [-0.05, 0) is 61.5 Å². The molecule has 0 saturated carbocycles. The molecule has 9 heteroatoms. The first-order valence-corrected chi connectivity index (χ1v) is 9.11. The summed E-state index contributed by atoms with van der Waals surface area (Å²) in [6, 6.07) is 15.9. The second kappa shape index (κ2) is 8.39. The number of carbonyl (C=O) groups is 1. The maximum absolute atomic E-state index is 12.9. The van der Waals surface area contributed by atoms with Crippen molar-refractivity contribution in [3.8, 4) is 5.82 Å². The van der Waals surface area contributed by atoms with Crippen molar-refractivity contribution in [1.82, 2.24) is 19.7 Å². The van der Waals surface area contributed by atoms with Crippen LogP contribution in [0.5, 0.6) is 0 Å². The van der Waals surface area contributed by atoms with Crippen LogP contribution in [0, 0.1) is 12.7 Å². The minimum atomic E-state index is -0.419. The average Bonchev–Trinajstić information content (AvgIpc) is 3.26. The van der Waals surface area contributed by atoms with E-state index in [1.807, 2.05) is 31.3 Å². The summed E-state index contributed by atoms with van der Waals surface area (Å²) in [5, 5.41) is 12.8. The summed E-state index contributed by atoms with van der Waals surface area (Å²) in [7, 11) is 0. The number of hydrogen-bond acceptors (Lipinski definition) is 5. The van der Waals surface area contributed by atoms with Crippen molar-refractivity contribution < 1.29 is 9.18 Å². The quantitative estimate of drug-likeness (QED) is 0.456. The summed E-state index contributed by atoms with van der Waals surface area (Å²) in [4.78, 5) is 20.8. The predicted octanol–water partition coefficient (Wildman–Crippen LogP) is 4.50. The van der Waals surface area contributed by atoms with Gasteiger partial charge in [-0.15, -0.1) is 0 Å². The van der Waals surface area contributed by atoms with E-state index in [9.17, 15) is 9.18 Å². The van der Waals surface area contributed by atoms with Crippen molar-refractivity contribution in [2.75, 3.05) is 16.0 Å². The Labute approximate surface area is 171 Å². The Morgan fingerprint density at radius 1 is 0.933 bits per heavy atom. The lowest BCUT2D eigenvalue weighted by Gasteiger charge is -2.10. The van der Waals surface area contributed by atoms with Crippen LogP contribution in [-0.4, -0.2) is 25.8 Å². The topological polar surface area (TPSA) is 96.8 Å². The molecule has 2 aromatic heterocycles. The third-order valence-corrected chi connectivity index (χ3v) is 4.08. The molecule has 0 fully saturated rings. The van der Waals surface area contributed by atoms with Crippen molar-refractivity contribution >= 4 is 28.9 Å². The molecule has 2 amide bonds. The molecule has 30 heavy (non-hydrogen) atoms. The Bertz CT molecular complexity index is 1140. The van der Waals surface area contributed by atoms with E-state index in [0.29, 0.717) is 28.8 Å². The van der Waals surface area contributed by atoms with Gasteiger partial charge >= 0.3 is 6.03 Å². The second-order valence-electron chi connectivity index (χ2n) is 6.40. The minimum absolute atomic E-state index is 0.361. The highest BCUT2D eigenvalue weighted by molar-refractivity contribution is 5.99. The lowest BCUT2D eigenvalue weighted by atomic mass is 10.2. The van der Waals surface area contributed by atoms with Crippen LogP contribution in [0.1, 0.15) is 5.82 Å². The number of benzene rings is 2. The van der Waals surface area contributed by atoms with Gasteiger partial charge in [0.05, 0.1) is 0 Å². The molecule has 0 bridgehead atoms. The maximum atomic E-state index is 12.9. The number of aromatic nitrogens is 4. The first kappa shape index (κ1) is 19.1. The van der Waals surface area contributed by atoms with E-state index in [1.165, 1.54) is 24.3 Å². The standard InChI is InChI=1S/C21H18FN7O/c1-14-24-19(13-20(25-14)29-12-2-11-23-29)26-16-7-9-18(10-8-16)28-21(30)27-17-5-3-15(22)4-6-17/h2-13H,1H3,(H,24,25,26)(H2,27,28,30). The molecule has 4 aromatic rings. The van der Waals surface area contributed by atoms with Gasteiger partial charge in [0.15, 0.2) is 5.82 Å². The molecule has 4 rings (SSSR count). The number of halogens is 1. The zero-order valence-corrected chi connectivity index (χ0v) is 16.0. The number of anilines is 4. The van der Waals surface area contributed by atoms with E-state index in [-0.39, 0.29) is 5.82 Å². The first-order chi connectivity index (χ1) is 14.5. The number of aryl methyl sites for hydroxylation is 1. The van der Waals surface area contributed by atoms with Gasteiger partial charge < -0.3 is 16.0 Å². The molecule has 0 radical (unpaired) electrons. The Hall–Kier alpha value is -4.27. The van der Waals surface area contributed by atoms with Crippen molar-refractivity contribution in [3.05, 3.63) is 84.7 Å². The van der Waals surface area contributed by atoms with Crippen LogP contribution in [0.3, 0.4) is 0 Å². The number of hydrogen-bond donors (Lipinski definition) is 3. The van der Waals surface area contributed by atoms with Gasteiger partial charge in [-0.3, -0.25) is 0 Å². The lowest BCUT2D eigenvalue weighted by molar-refractivity contribution is 0.262. The van der Waals surface area contributed by atoms with Gasteiger partial charge in [0.2, 0.25) is 0 Å². The van der Waals surface area contributed by atoms with E-state index in [0.717, 1.165) is 5.69 Å². The highest BCUT2D eigenvalue weighted by Crippen LogP contribution is 2.19. The van der Waals surface area contributed by atoms with E-state index in [4.69, 9.17) is 0 Å². The normalized spacial score (nSPS) is 10.5. The SMILES string of the molecule is Cc1nc(Nc2ccc(NC(=O)Nc3ccc(F)cc3)cc2)cc(-n2cccn2)n1. The van der Waals surface area contributed by atoms with Gasteiger partial charge in [-0.1, -0.05) is 0 Å². The molecule has 0 saturated heterocycles. The molecule has 150 valence electrons. The number of amides is 2. The van der Waals surface area contributed by atoms with Crippen molar-refractivity contribution in [2.45, 2.75) is 6.92 Å². The molecule has 2 heterocycles. The number of nitrogens with zero attached hydrogens (tertiary/aromatic N) is 4. The Morgan fingerprint density at radius 2 is 1.57 bits per heavy atom. The van der Waals surface area contributed by atoms with Gasteiger partial charge in [0, 0.05) is 35.5 Å². The molecule has 2 aromatic carbocycles. The van der Waals surface area contributed by atoms with Gasteiger partial charge in [0.1, 0.15) is 17.5 Å². The summed E-state index contributed by atoms with van der Waals surface area (Å²) < 4.78 is 14.6. The minimum Gasteiger partial charge on any atom is -0.340 e. The summed E-state index contributed by atoms with van der Waals surface area (Å²) in [5.41, 5.74) is 1.90. The van der Waals surface area contributed by atoms with Gasteiger partial charge in [-0.25, -0.2) is 23.8 Å². The highest BCUT2D eigenvalue weighted by atomic mass is 19.1. The van der Waals surface area contributed by atoms with Crippen LogP contribution >= 0.6 is 0 Å². The summed E-state index contributed by atoms with van der Waals surface area (Å²) in [6.45, 7) is 1.81. The molecule has 0 aliphatic heterocycles. The van der Waals surface area contributed by atoms with Gasteiger partial charge in [0.25, 0.3) is 0 Å². The van der Waals surface area contributed by atoms with Crippen molar-refractivity contribution in [1.29, 1.82) is 0 Å². The molecule has 0 atom stereocenters.